The third kappa shape index (κ3) is 7.31. The van der Waals surface area contributed by atoms with Gasteiger partial charge in [0.15, 0.2) is 11.8 Å². The molecule has 0 amide bonds. The second-order valence-electron chi connectivity index (χ2n) is 6.38. The van der Waals surface area contributed by atoms with E-state index < -0.39 is 0 Å². The van der Waals surface area contributed by atoms with Crippen LogP contribution >= 0.6 is 24.0 Å². The maximum atomic E-state index is 5.27. The number of hydrogen-bond donors (Lipinski definition) is 1. The zero-order chi connectivity index (χ0) is 18.1. The van der Waals surface area contributed by atoms with Gasteiger partial charge in [-0.3, -0.25) is 4.99 Å². The fourth-order valence-corrected chi connectivity index (χ4v) is 2.42. The van der Waals surface area contributed by atoms with Gasteiger partial charge in [-0.1, -0.05) is 49.3 Å². The fraction of sp³-hybridized carbons (Fsp3) is 0.526. The van der Waals surface area contributed by atoms with E-state index in [1.54, 1.807) is 0 Å². The Morgan fingerprint density at radius 1 is 1.27 bits per heavy atom. The van der Waals surface area contributed by atoms with E-state index in [-0.39, 0.29) is 24.0 Å². The van der Waals surface area contributed by atoms with Gasteiger partial charge in [0.05, 0.1) is 0 Å². The Labute approximate surface area is 173 Å². The van der Waals surface area contributed by atoms with Crippen LogP contribution < -0.4 is 5.32 Å². The van der Waals surface area contributed by atoms with Gasteiger partial charge in [-0.15, -0.1) is 24.0 Å². The Morgan fingerprint density at radius 3 is 2.62 bits per heavy atom. The predicted molar refractivity (Wildman–Crippen MR) is 116 cm³/mol. The van der Waals surface area contributed by atoms with Crippen LogP contribution in [-0.4, -0.2) is 41.1 Å². The Kier molecular flexibility index (Phi) is 10.2. The maximum Gasteiger partial charge on any atom is 0.226 e. The Balaban J connectivity index is 0.00000338. The third-order valence-corrected chi connectivity index (χ3v) is 3.77. The van der Waals surface area contributed by atoms with E-state index in [1.807, 2.05) is 6.07 Å². The molecule has 1 N–H and O–H groups in total. The van der Waals surface area contributed by atoms with Crippen molar-refractivity contribution >= 4 is 29.9 Å². The highest BCUT2D eigenvalue weighted by molar-refractivity contribution is 14.0. The highest BCUT2D eigenvalue weighted by Gasteiger charge is 2.09. The zero-order valence-electron chi connectivity index (χ0n) is 16.1. The van der Waals surface area contributed by atoms with E-state index in [2.05, 4.69) is 72.4 Å². The summed E-state index contributed by atoms with van der Waals surface area (Å²) in [6, 6.07) is 10.4. The topological polar surface area (TPSA) is 66.5 Å². The molecule has 0 fully saturated rings. The minimum Gasteiger partial charge on any atom is -0.357 e. The average molecular weight is 471 g/mol. The van der Waals surface area contributed by atoms with E-state index in [0.29, 0.717) is 11.8 Å². The molecule has 0 atom stereocenters. The van der Waals surface area contributed by atoms with Gasteiger partial charge >= 0.3 is 0 Å². The van der Waals surface area contributed by atoms with Gasteiger partial charge in [-0.2, -0.15) is 4.98 Å². The first-order valence-electron chi connectivity index (χ1n) is 8.96. The Bertz CT molecular complexity index is 657. The molecule has 0 saturated heterocycles. The van der Waals surface area contributed by atoms with Crippen molar-refractivity contribution in [3.8, 4) is 0 Å². The summed E-state index contributed by atoms with van der Waals surface area (Å²) in [4.78, 5) is 11.3. The van der Waals surface area contributed by atoms with E-state index in [0.717, 1.165) is 44.3 Å². The van der Waals surface area contributed by atoms with Crippen LogP contribution in [0.2, 0.25) is 0 Å². The molecule has 6 nitrogen and oxygen atoms in total. The minimum atomic E-state index is 0. The second-order valence-corrected chi connectivity index (χ2v) is 6.38. The fourth-order valence-electron chi connectivity index (χ4n) is 2.42. The molecule has 0 unspecified atom stereocenters. The van der Waals surface area contributed by atoms with Crippen molar-refractivity contribution in [2.45, 2.75) is 46.1 Å². The molecule has 0 aliphatic heterocycles. The van der Waals surface area contributed by atoms with Crippen molar-refractivity contribution in [3.63, 3.8) is 0 Å². The van der Waals surface area contributed by atoms with Crippen molar-refractivity contribution in [2.75, 3.05) is 20.1 Å². The molecule has 1 aromatic carbocycles. The number of benzene rings is 1. The molecule has 0 aliphatic carbocycles. The maximum absolute atomic E-state index is 5.27. The van der Waals surface area contributed by atoms with Crippen molar-refractivity contribution in [1.82, 2.24) is 20.4 Å². The van der Waals surface area contributed by atoms with Crippen LogP contribution in [0.4, 0.5) is 0 Å². The van der Waals surface area contributed by atoms with Gasteiger partial charge in [0, 0.05) is 39.0 Å². The molecule has 1 heterocycles. The van der Waals surface area contributed by atoms with E-state index in [9.17, 15) is 0 Å². The summed E-state index contributed by atoms with van der Waals surface area (Å²) < 4.78 is 5.27. The summed E-state index contributed by atoms with van der Waals surface area (Å²) in [6.45, 7) is 8.60. The predicted octanol–water partition coefficient (Wildman–Crippen LogP) is 3.84. The highest BCUT2D eigenvalue weighted by Crippen LogP contribution is 2.10. The van der Waals surface area contributed by atoms with Gasteiger partial charge in [0.2, 0.25) is 5.89 Å². The molecular formula is C19H30IN5O. The van der Waals surface area contributed by atoms with Crippen molar-refractivity contribution in [2.24, 2.45) is 4.99 Å². The number of aliphatic imine (C=N–C) groups is 1. The third-order valence-electron chi connectivity index (χ3n) is 3.77. The quantitative estimate of drug-likeness (QED) is 0.274. The Hall–Kier alpha value is -1.64. The van der Waals surface area contributed by atoms with Gasteiger partial charge in [-0.25, -0.2) is 0 Å². The molecule has 0 aliphatic rings. The lowest BCUT2D eigenvalue weighted by Crippen LogP contribution is -2.38. The first-order chi connectivity index (χ1) is 12.1. The number of nitrogens with one attached hydrogen (secondary N) is 1. The summed E-state index contributed by atoms with van der Waals surface area (Å²) in [5.74, 6) is 2.68. The zero-order valence-corrected chi connectivity index (χ0v) is 18.4. The van der Waals surface area contributed by atoms with Crippen LogP contribution in [0.25, 0.3) is 0 Å². The van der Waals surface area contributed by atoms with E-state index >= 15 is 0 Å². The summed E-state index contributed by atoms with van der Waals surface area (Å²) in [6.07, 6.45) is 1.64. The van der Waals surface area contributed by atoms with Gasteiger partial charge in [0.1, 0.15) is 0 Å². The number of rotatable bonds is 8. The smallest absolute Gasteiger partial charge is 0.226 e. The lowest BCUT2D eigenvalue weighted by Gasteiger charge is -2.22. The molecule has 144 valence electrons. The monoisotopic (exact) mass is 471 g/mol. The minimum absolute atomic E-state index is 0. The van der Waals surface area contributed by atoms with Gasteiger partial charge in [-0.05, 0) is 18.9 Å². The van der Waals surface area contributed by atoms with Crippen LogP contribution in [0, 0.1) is 0 Å². The number of halogens is 1. The number of aromatic nitrogens is 2. The molecule has 0 bridgehead atoms. The van der Waals surface area contributed by atoms with Crippen LogP contribution in [0.5, 0.6) is 0 Å². The molecule has 26 heavy (non-hydrogen) atoms. The van der Waals surface area contributed by atoms with Crippen LogP contribution in [-0.2, 0) is 13.0 Å². The summed E-state index contributed by atoms with van der Waals surface area (Å²) >= 11 is 0. The molecule has 1 aromatic heterocycles. The molecule has 0 saturated carbocycles. The number of aryl methyl sites for hydroxylation is 1. The normalized spacial score (nSPS) is 11.3. The van der Waals surface area contributed by atoms with Crippen molar-refractivity contribution < 1.29 is 4.52 Å². The molecule has 0 radical (unpaired) electrons. The van der Waals surface area contributed by atoms with Crippen LogP contribution in [0.1, 0.15) is 50.4 Å². The van der Waals surface area contributed by atoms with Crippen molar-refractivity contribution in [3.05, 3.63) is 47.6 Å². The first-order valence-corrected chi connectivity index (χ1v) is 8.96. The lowest BCUT2D eigenvalue weighted by molar-refractivity contribution is 0.369. The highest BCUT2D eigenvalue weighted by atomic mass is 127. The summed E-state index contributed by atoms with van der Waals surface area (Å²) in [7, 11) is 2.06. The Morgan fingerprint density at radius 2 is 2.00 bits per heavy atom. The molecular weight excluding hydrogens is 441 g/mol. The number of guanidine groups is 1. The largest absolute Gasteiger partial charge is 0.357 e. The molecule has 2 rings (SSSR count). The summed E-state index contributed by atoms with van der Waals surface area (Å²) in [5.41, 5.74) is 1.27. The van der Waals surface area contributed by atoms with Gasteiger partial charge in [0.25, 0.3) is 0 Å². The SMILES string of the molecule is CCNC(=NCCCc1nc(C(C)C)no1)N(C)Cc1ccccc1.I. The average Bonchev–Trinajstić information content (AvgIpc) is 3.07. The van der Waals surface area contributed by atoms with Crippen LogP contribution in [0.15, 0.2) is 39.8 Å². The number of nitrogens with zero attached hydrogens (tertiary/aromatic N) is 4. The lowest BCUT2D eigenvalue weighted by atomic mass is 10.2. The first kappa shape index (κ1) is 22.4. The van der Waals surface area contributed by atoms with Gasteiger partial charge < -0.3 is 14.7 Å². The van der Waals surface area contributed by atoms with Crippen molar-refractivity contribution in [1.29, 1.82) is 0 Å². The molecule has 2 aromatic rings. The second kappa shape index (κ2) is 11.9. The van der Waals surface area contributed by atoms with E-state index in [4.69, 9.17) is 9.52 Å². The molecule has 0 spiro atoms. The van der Waals surface area contributed by atoms with Crippen LogP contribution in [0.3, 0.4) is 0 Å². The number of hydrogen-bond acceptors (Lipinski definition) is 4. The molecule has 7 heteroatoms. The standard InChI is InChI=1S/C19H29N5O.HI/c1-5-20-19(24(4)14-16-10-7-6-8-11-16)21-13-9-12-17-22-18(15(2)3)23-25-17;/h6-8,10-11,15H,5,9,12-14H2,1-4H3,(H,20,21);1H. The summed E-state index contributed by atoms with van der Waals surface area (Å²) in [5, 5.41) is 7.34. The van der Waals surface area contributed by atoms with E-state index in [1.165, 1.54) is 5.56 Å².